The van der Waals surface area contributed by atoms with E-state index in [1.807, 2.05) is 16.8 Å². The van der Waals surface area contributed by atoms with Crippen LogP contribution < -0.4 is 0 Å². The number of aliphatic hydroxyl groups is 1. The first-order valence-corrected chi connectivity index (χ1v) is 9.43. The second-order valence-electron chi connectivity index (χ2n) is 5.44. The third-order valence-electron chi connectivity index (χ3n) is 4.24. The minimum absolute atomic E-state index is 0.00957. The van der Waals surface area contributed by atoms with Gasteiger partial charge in [-0.2, -0.15) is 28.4 Å². The largest absolute Gasteiger partial charge is 0.396 e. The number of thiophene rings is 1. The van der Waals surface area contributed by atoms with Crippen LogP contribution in [0.2, 0.25) is 0 Å². The Morgan fingerprint density at radius 3 is 2.67 bits per heavy atom. The standard InChI is InChI=1S/C13H20N2O4S2/c16-9-12-7-15(8-13(12)11-1-6-20-10-11)21(17,18)14-2-4-19-5-3-14/h1,6,10,12-13,16H,2-5,7-9H2/t12-,13-/m1/s1. The minimum atomic E-state index is -3.45. The number of rotatable bonds is 4. The average molecular weight is 332 g/mol. The van der Waals surface area contributed by atoms with Gasteiger partial charge in [0.25, 0.3) is 10.2 Å². The Bertz CT molecular complexity index is 555. The fraction of sp³-hybridized carbons (Fsp3) is 0.692. The minimum Gasteiger partial charge on any atom is -0.396 e. The number of morpholine rings is 1. The highest BCUT2D eigenvalue weighted by molar-refractivity contribution is 7.86. The van der Waals surface area contributed by atoms with Gasteiger partial charge in [-0.05, 0) is 22.4 Å². The van der Waals surface area contributed by atoms with E-state index in [-0.39, 0.29) is 18.4 Å². The molecule has 3 heterocycles. The summed E-state index contributed by atoms with van der Waals surface area (Å²) >= 11 is 1.60. The van der Waals surface area contributed by atoms with Crippen molar-refractivity contribution < 1.29 is 18.3 Å². The molecule has 2 atom stereocenters. The fourth-order valence-electron chi connectivity index (χ4n) is 3.01. The molecule has 1 aromatic rings. The maximum Gasteiger partial charge on any atom is 0.282 e. The molecular formula is C13H20N2O4S2. The highest BCUT2D eigenvalue weighted by Gasteiger charge is 2.41. The smallest absolute Gasteiger partial charge is 0.282 e. The van der Waals surface area contributed by atoms with Gasteiger partial charge in [-0.25, -0.2) is 0 Å². The van der Waals surface area contributed by atoms with Crippen LogP contribution in [0.25, 0.3) is 0 Å². The first-order valence-electron chi connectivity index (χ1n) is 7.09. The van der Waals surface area contributed by atoms with E-state index < -0.39 is 10.2 Å². The molecule has 0 amide bonds. The van der Waals surface area contributed by atoms with E-state index >= 15 is 0 Å². The second kappa shape index (κ2) is 6.31. The monoisotopic (exact) mass is 332 g/mol. The van der Waals surface area contributed by atoms with Gasteiger partial charge in [-0.1, -0.05) is 0 Å². The van der Waals surface area contributed by atoms with Gasteiger partial charge < -0.3 is 9.84 Å². The Balaban J connectivity index is 1.77. The molecule has 2 saturated heterocycles. The lowest BCUT2D eigenvalue weighted by Gasteiger charge is -2.30. The van der Waals surface area contributed by atoms with Crippen LogP contribution >= 0.6 is 11.3 Å². The first-order chi connectivity index (χ1) is 10.1. The zero-order valence-electron chi connectivity index (χ0n) is 11.7. The molecule has 0 aromatic carbocycles. The molecule has 2 aliphatic rings. The third kappa shape index (κ3) is 3.01. The van der Waals surface area contributed by atoms with Gasteiger partial charge in [-0.15, -0.1) is 0 Å². The summed E-state index contributed by atoms with van der Waals surface area (Å²) in [5.41, 5.74) is 1.12. The third-order valence-corrected chi connectivity index (χ3v) is 6.91. The number of hydrogen-bond donors (Lipinski definition) is 1. The van der Waals surface area contributed by atoms with Crippen molar-refractivity contribution in [3.63, 3.8) is 0 Å². The highest BCUT2D eigenvalue weighted by Crippen LogP contribution is 2.35. The molecule has 2 fully saturated rings. The predicted octanol–water partition coefficient (Wildman–Crippen LogP) is 0.333. The fourth-order valence-corrected chi connectivity index (χ4v) is 5.40. The van der Waals surface area contributed by atoms with Gasteiger partial charge in [-0.3, -0.25) is 0 Å². The Kier molecular flexibility index (Phi) is 4.63. The summed E-state index contributed by atoms with van der Waals surface area (Å²) in [7, 11) is -3.45. The molecule has 0 aliphatic carbocycles. The molecule has 118 valence electrons. The van der Waals surface area contributed by atoms with Crippen molar-refractivity contribution in [2.75, 3.05) is 46.0 Å². The van der Waals surface area contributed by atoms with Crippen molar-refractivity contribution in [1.29, 1.82) is 0 Å². The Morgan fingerprint density at radius 1 is 1.29 bits per heavy atom. The first kappa shape index (κ1) is 15.4. The summed E-state index contributed by atoms with van der Waals surface area (Å²) in [5.74, 6) is 0.0486. The molecule has 2 aliphatic heterocycles. The molecule has 8 heteroatoms. The topological polar surface area (TPSA) is 70.1 Å². The number of ether oxygens (including phenoxy) is 1. The van der Waals surface area contributed by atoms with Gasteiger partial charge in [0, 0.05) is 44.6 Å². The number of aliphatic hydroxyl groups excluding tert-OH is 1. The van der Waals surface area contributed by atoms with Gasteiger partial charge in [0.05, 0.1) is 13.2 Å². The van der Waals surface area contributed by atoms with Crippen LogP contribution in [0.15, 0.2) is 16.8 Å². The van der Waals surface area contributed by atoms with Gasteiger partial charge in [0.1, 0.15) is 0 Å². The summed E-state index contributed by atoms with van der Waals surface area (Å²) in [5, 5.41) is 13.6. The van der Waals surface area contributed by atoms with Crippen molar-refractivity contribution in [2.45, 2.75) is 5.92 Å². The average Bonchev–Trinajstić information content (AvgIpc) is 3.17. The molecule has 0 unspecified atom stereocenters. The van der Waals surface area contributed by atoms with E-state index in [9.17, 15) is 13.5 Å². The molecular weight excluding hydrogens is 312 g/mol. The quantitative estimate of drug-likeness (QED) is 0.863. The number of hydrogen-bond acceptors (Lipinski definition) is 5. The van der Waals surface area contributed by atoms with Crippen LogP contribution in [-0.4, -0.2) is 68.1 Å². The maximum absolute atomic E-state index is 12.7. The highest BCUT2D eigenvalue weighted by atomic mass is 32.2. The summed E-state index contributed by atoms with van der Waals surface area (Å²) < 4.78 is 33.6. The lowest BCUT2D eigenvalue weighted by Crippen LogP contribution is -2.48. The summed E-state index contributed by atoms with van der Waals surface area (Å²) in [6.45, 7) is 2.56. The molecule has 1 aromatic heterocycles. The molecule has 0 saturated carbocycles. The van der Waals surface area contributed by atoms with E-state index in [2.05, 4.69) is 0 Å². The summed E-state index contributed by atoms with van der Waals surface area (Å²) in [6, 6.07) is 2.02. The molecule has 3 rings (SSSR count). The SMILES string of the molecule is O=S(=O)(N1CCOCC1)N1C[C@H](CO)[C@@H](c2ccsc2)C1. The molecule has 0 spiro atoms. The summed E-state index contributed by atoms with van der Waals surface area (Å²) in [6.07, 6.45) is 0. The predicted molar refractivity (Wildman–Crippen MR) is 80.5 cm³/mol. The Morgan fingerprint density at radius 2 is 2.05 bits per heavy atom. The number of nitrogens with zero attached hydrogens (tertiary/aromatic N) is 2. The van der Waals surface area contributed by atoms with Crippen LogP contribution in [0.4, 0.5) is 0 Å². The van der Waals surface area contributed by atoms with Crippen LogP contribution in [0, 0.1) is 5.92 Å². The molecule has 6 nitrogen and oxygen atoms in total. The van der Waals surface area contributed by atoms with Gasteiger partial charge >= 0.3 is 0 Å². The van der Waals surface area contributed by atoms with Crippen molar-refractivity contribution in [3.05, 3.63) is 22.4 Å². The van der Waals surface area contributed by atoms with Gasteiger partial charge in [0.15, 0.2) is 0 Å². The van der Waals surface area contributed by atoms with E-state index in [1.54, 1.807) is 11.3 Å². The zero-order chi connectivity index (χ0) is 14.9. The van der Waals surface area contributed by atoms with E-state index in [4.69, 9.17) is 4.74 Å². The Labute approximate surface area is 129 Å². The second-order valence-corrected chi connectivity index (χ2v) is 8.15. The Hall–Kier alpha value is -0.510. The van der Waals surface area contributed by atoms with Crippen molar-refractivity contribution in [2.24, 2.45) is 5.92 Å². The van der Waals surface area contributed by atoms with Crippen LogP contribution in [-0.2, 0) is 14.9 Å². The normalized spacial score (nSPS) is 29.0. The molecule has 21 heavy (non-hydrogen) atoms. The lowest BCUT2D eigenvalue weighted by atomic mass is 9.92. The van der Waals surface area contributed by atoms with E-state index in [0.29, 0.717) is 39.4 Å². The van der Waals surface area contributed by atoms with Gasteiger partial charge in [0.2, 0.25) is 0 Å². The van der Waals surface area contributed by atoms with Crippen molar-refractivity contribution >= 4 is 21.5 Å². The maximum atomic E-state index is 12.7. The molecule has 0 radical (unpaired) electrons. The van der Waals surface area contributed by atoms with Crippen LogP contribution in [0.5, 0.6) is 0 Å². The van der Waals surface area contributed by atoms with Crippen LogP contribution in [0.1, 0.15) is 11.5 Å². The van der Waals surface area contributed by atoms with Crippen LogP contribution in [0.3, 0.4) is 0 Å². The van der Waals surface area contributed by atoms with E-state index in [1.165, 1.54) is 8.61 Å². The van der Waals surface area contributed by atoms with Crippen molar-refractivity contribution in [1.82, 2.24) is 8.61 Å². The van der Waals surface area contributed by atoms with E-state index in [0.717, 1.165) is 5.56 Å². The molecule has 0 bridgehead atoms. The lowest BCUT2D eigenvalue weighted by molar-refractivity contribution is 0.0704. The molecule has 1 N–H and O–H groups in total. The van der Waals surface area contributed by atoms with Crippen molar-refractivity contribution in [3.8, 4) is 0 Å². The zero-order valence-corrected chi connectivity index (χ0v) is 13.4. The summed E-state index contributed by atoms with van der Waals surface area (Å²) in [4.78, 5) is 0.